The highest BCUT2D eigenvalue weighted by Gasteiger charge is 2.13. The van der Waals surface area contributed by atoms with Gasteiger partial charge in [0.15, 0.2) is 16.6 Å². The number of rotatable bonds is 9. The molecule has 1 amide bonds. The molecule has 0 saturated heterocycles. The van der Waals surface area contributed by atoms with Gasteiger partial charge in [0.25, 0.3) is 5.91 Å². The number of hydrogen-bond donors (Lipinski definition) is 2. The standard InChI is InChI=1S/C27H26N4O4S/c1-17-5-11-21(12-6-17)29-27-30-22(16-36-27)19-7-9-20(10-8-19)26(32)31-28-15-18-13-23(33-2)25(35-4)24(14-18)34-3/h5-16H,1-4H3,(H,29,30)(H,31,32)/b28-15-. The summed E-state index contributed by atoms with van der Waals surface area (Å²) < 4.78 is 16.0. The Hall–Kier alpha value is -4.37. The number of aromatic nitrogens is 1. The van der Waals surface area contributed by atoms with E-state index in [4.69, 9.17) is 14.2 Å². The van der Waals surface area contributed by atoms with Crippen LogP contribution in [0.4, 0.5) is 10.8 Å². The number of anilines is 2. The summed E-state index contributed by atoms with van der Waals surface area (Å²) in [4.78, 5) is 17.2. The Morgan fingerprint density at radius 1 is 0.944 bits per heavy atom. The number of amides is 1. The van der Waals surface area contributed by atoms with Crippen molar-refractivity contribution in [3.8, 4) is 28.5 Å². The normalized spacial score (nSPS) is 10.8. The molecule has 2 N–H and O–H groups in total. The largest absolute Gasteiger partial charge is 0.493 e. The fourth-order valence-corrected chi connectivity index (χ4v) is 4.16. The first-order valence-electron chi connectivity index (χ1n) is 11.0. The van der Waals surface area contributed by atoms with Crippen LogP contribution in [0.1, 0.15) is 21.5 Å². The second kappa shape index (κ2) is 11.4. The van der Waals surface area contributed by atoms with Gasteiger partial charge in [-0.05, 0) is 43.3 Å². The van der Waals surface area contributed by atoms with Crippen LogP contribution in [0.2, 0.25) is 0 Å². The van der Waals surface area contributed by atoms with Gasteiger partial charge >= 0.3 is 0 Å². The minimum atomic E-state index is -0.328. The van der Waals surface area contributed by atoms with Crippen LogP contribution in [0.15, 0.2) is 71.1 Å². The first-order chi connectivity index (χ1) is 17.5. The summed E-state index contributed by atoms with van der Waals surface area (Å²) in [5, 5.41) is 10.2. The lowest BCUT2D eigenvalue weighted by atomic mass is 10.1. The minimum absolute atomic E-state index is 0.328. The predicted octanol–water partition coefficient (Wildman–Crippen LogP) is 5.65. The molecule has 0 radical (unpaired) electrons. The lowest BCUT2D eigenvalue weighted by molar-refractivity contribution is 0.0955. The molecule has 0 bridgehead atoms. The minimum Gasteiger partial charge on any atom is -0.493 e. The molecule has 9 heteroatoms. The van der Waals surface area contributed by atoms with Gasteiger partial charge in [-0.25, -0.2) is 10.4 Å². The Morgan fingerprint density at radius 2 is 1.61 bits per heavy atom. The number of hydrazone groups is 1. The average Bonchev–Trinajstić information content (AvgIpc) is 3.37. The summed E-state index contributed by atoms with van der Waals surface area (Å²) >= 11 is 1.52. The van der Waals surface area contributed by atoms with Gasteiger partial charge in [0.2, 0.25) is 5.75 Å². The fraction of sp³-hybridized carbons (Fsp3) is 0.148. The third-order valence-corrected chi connectivity index (χ3v) is 6.07. The van der Waals surface area contributed by atoms with Crippen LogP contribution in [0.5, 0.6) is 17.2 Å². The van der Waals surface area contributed by atoms with Crippen molar-refractivity contribution >= 4 is 34.3 Å². The van der Waals surface area contributed by atoms with Gasteiger partial charge in [0.05, 0.1) is 33.2 Å². The van der Waals surface area contributed by atoms with Gasteiger partial charge in [-0.3, -0.25) is 4.79 Å². The molecule has 4 rings (SSSR count). The van der Waals surface area contributed by atoms with Crippen LogP contribution in [0.25, 0.3) is 11.3 Å². The number of carbonyl (C=O) groups excluding carboxylic acids is 1. The van der Waals surface area contributed by atoms with E-state index < -0.39 is 0 Å². The molecular formula is C27H26N4O4S. The van der Waals surface area contributed by atoms with Gasteiger partial charge in [-0.2, -0.15) is 5.10 Å². The number of ether oxygens (including phenoxy) is 3. The summed E-state index contributed by atoms with van der Waals surface area (Å²) in [5.41, 5.74) is 7.64. The highest BCUT2D eigenvalue weighted by Crippen LogP contribution is 2.37. The molecule has 36 heavy (non-hydrogen) atoms. The lowest BCUT2D eigenvalue weighted by Crippen LogP contribution is -2.17. The molecule has 0 saturated carbocycles. The van der Waals surface area contributed by atoms with Crippen LogP contribution < -0.4 is 25.0 Å². The first-order valence-corrected chi connectivity index (χ1v) is 11.9. The molecule has 184 valence electrons. The quantitative estimate of drug-likeness (QED) is 0.227. The number of aryl methyl sites for hydroxylation is 1. The zero-order valence-corrected chi connectivity index (χ0v) is 21.2. The smallest absolute Gasteiger partial charge is 0.271 e. The molecule has 0 aliphatic carbocycles. The average molecular weight is 503 g/mol. The number of nitrogens with zero attached hydrogens (tertiary/aromatic N) is 2. The van der Waals surface area contributed by atoms with E-state index in [1.54, 1.807) is 24.3 Å². The Labute approximate surface area is 213 Å². The van der Waals surface area contributed by atoms with E-state index in [1.165, 1.54) is 44.4 Å². The second-order valence-corrected chi connectivity index (χ2v) is 8.62. The molecular weight excluding hydrogens is 476 g/mol. The van der Waals surface area contributed by atoms with Gasteiger partial charge in [-0.15, -0.1) is 11.3 Å². The van der Waals surface area contributed by atoms with Crippen molar-refractivity contribution in [3.05, 3.63) is 82.7 Å². The number of benzene rings is 3. The molecule has 0 aliphatic heterocycles. The van der Waals surface area contributed by atoms with E-state index >= 15 is 0 Å². The number of methoxy groups -OCH3 is 3. The molecule has 0 spiro atoms. The van der Waals surface area contributed by atoms with Crippen molar-refractivity contribution in [3.63, 3.8) is 0 Å². The van der Waals surface area contributed by atoms with E-state index in [1.807, 2.05) is 29.6 Å². The number of nitrogens with one attached hydrogen (secondary N) is 2. The Morgan fingerprint density at radius 3 is 2.22 bits per heavy atom. The SMILES string of the molecule is COc1cc(/C=N\NC(=O)c2ccc(-c3csc(Nc4ccc(C)cc4)n3)cc2)cc(OC)c1OC. The topological polar surface area (TPSA) is 94.1 Å². The van der Waals surface area contributed by atoms with Crippen molar-refractivity contribution in [2.24, 2.45) is 5.10 Å². The maximum Gasteiger partial charge on any atom is 0.271 e. The maximum atomic E-state index is 12.5. The van der Waals surface area contributed by atoms with Gasteiger partial charge in [-0.1, -0.05) is 29.8 Å². The van der Waals surface area contributed by atoms with Crippen molar-refractivity contribution < 1.29 is 19.0 Å². The zero-order chi connectivity index (χ0) is 25.5. The molecule has 3 aromatic carbocycles. The molecule has 8 nitrogen and oxygen atoms in total. The summed E-state index contributed by atoms with van der Waals surface area (Å²) in [7, 11) is 4.61. The highest BCUT2D eigenvalue weighted by molar-refractivity contribution is 7.14. The van der Waals surface area contributed by atoms with Crippen LogP contribution in [-0.2, 0) is 0 Å². The van der Waals surface area contributed by atoms with E-state index in [0.717, 1.165) is 22.1 Å². The molecule has 1 aromatic heterocycles. The summed E-state index contributed by atoms with van der Waals surface area (Å²) in [6.45, 7) is 2.05. The summed E-state index contributed by atoms with van der Waals surface area (Å²) in [6.07, 6.45) is 1.51. The zero-order valence-electron chi connectivity index (χ0n) is 20.4. The molecule has 0 atom stereocenters. The van der Waals surface area contributed by atoms with E-state index in [0.29, 0.717) is 28.4 Å². The molecule has 0 fully saturated rings. The van der Waals surface area contributed by atoms with Crippen LogP contribution in [0.3, 0.4) is 0 Å². The number of carbonyl (C=O) groups is 1. The predicted molar refractivity (Wildman–Crippen MR) is 143 cm³/mol. The van der Waals surface area contributed by atoms with Crippen LogP contribution in [0, 0.1) is 6.92 Å². The van der Waals surface area contributed by atoms with Gasteiger partial charge < -0.3 is 19.5 Å². The third-order valence-electron chi connectivity index (χ3n) is 5.32. The second-order valence-electron chi connectivity index (χ2n) is 7.76. The Bertz CT molecular complexity index is 1340. The fourth-order valence-electron chi connectivity index (χ4n) is 3.42. The molecule has 0 unspecified atom stereocenters. The molecule has 0 aliphatic rings. The maximum absolute atomic E-state index is 12.5. The molecule has 1 heterocycles. The van der Waals surface area contributed by atoms with Crippen LogP contribution >= 0.6 is 11.3 Å². The lowest BCUT2D eigenvalue weighted by Gasteiger charge is -2.12. The highest BCUT2D eigenvalue weighted by atomic mass is 32.1. The van der Waals surface area contributed by atoms with Gasteiger partial charge in [0, 0.05) is 27.8 Å². The third kappa shape index (κ3) is 5.81. The number of hydrogen-bond acceptors (Lipinski definition) is 8. The summed E-state index contributed by atoms with van der Waals surface area (Å²) in [5.74, 6) is 1.16. The monoisotopic (exact) mass is 502 g/mol. The Kier molecular flexibility index (Phi) is 7.82. The van der Waals surface area contributed by atoms with Crippen LogP contribution in [-0.4, -0.2) is 38.4 Å². The Balaban J connectivity index is 1.39. The molecule has 4 aromatic rings. The number of thiazole rings is 1. The van der Waals surface area contributed by atoms with E-state index in [-0.39, 0.29) is 5.91 Å². The van der Waals surface area contributed by atoms with E-state index in [2.05, 4.69) is 39.9 Å². The van der Waals surface area contributed by atoms with Gasteiger partial charge in [0.1, 0.15) is 0 Å². The van der Waals surface area contributed by atoms with Crippen molar-refractivity contribution in [2.45, 2.75) is 6.92 Å². The van der Waals surface area contributed by atoms with E-state index in [9.17, 15) is 4.79 Å². The van der Waals surface area contributed by atoms with Crippen molar-refractivity contribution in [2.75, 3.05) is 26.6 Å². The van der Waals surface area contributed by atoms with Crippen molar-refractivity contribution in [1.29, 1.82) is 0 Å². The van der Waals surface area contributed by atoms with Crippen molar-refractivity contribution in [1.82, 2.24) is 10.4 Å². The first kappa shape index (κ1) is 24.7. The summed E-state index contributed by atoms with van der Waals surface area (Å²) in [6, 6.07) is 18.8.